The van der Waals surface area contributed by atoms with Gasteiger partial charge in [-0.2, -0.15) is 0 Å². The first-order valence-electron chi connectivity index (χ1n) is 13.1. The van der Waals surface area contributed by atoms with E-state index in [9.17, 15) is 9.59 Å². The van der Waals surface area contributed by atoms with E-state index in [0.29, 0.717) is 12.2 Å². The van der Waals surface area contributed by atoms with Crippen LogP contribution >= 0.6 is 15.9 Å². The van der Waals surface area contributed by atoms with Crippen LogP contribution in [0.5, 0.6) is 0 Å². The molecule has 0 unspecified atom stereocenters. The highest BCUT2D eigenvalue weighted by molar-refractivity contribution is 9.10. The highest BCUT2D eigenvalue weighted by atomic mass is 79.9. The monoisotopic (exact) mass is 606 g/mol. The molecule has 8 heteroatoms. The average Bonchev–Trinajstić information content (AvgIpc) is 2.96. The van der Waals surface area contributed by atoms with Gasteiger partial charge in [0.05, 0.1) is 6.61 Å². The Morgan fingerprint density at radius 3 is 1.88 bits per heavy atom. The van der Waals surface area contributed by atoms with Crippen LogP contribution in [0.4, 0.5) is 0 Å². The summed E-state index contributed by atoms with van der Waals surface area (Å²) in [5, 5.41) is 15.6. The summed E-state index contributed by atoms with van der Waals surface area (Å²) in [6.07, 6.45) is 5.58. The zero-order valence-electron chi connectivity index (χ0n) is 22.3. The molecule has 1 saturated heterocycles. The van der Waals surface area contributed by atoms with Gasteiger partial charge in [-0.1, -0.05) is 101 Å². The largest absolute Gasteiger partial charge is 0.478 e. The van der Waals surface area contributed by atoms with Crippen LogP contribution in [0, 0.1) is 0 Å². The first-order valence-corrected chi connectivity index (χ1v) is 13.9. The summed E-state index contributed by atoms with van der Waals surface area (Å²) in [6.45, 7) is 7.09. The van der Waals surface area contributed by atoms with Crippen molar-refractivity contribution >= 4 is 33.9 Å². The van der Waals surface area contributed by atoms with Gasteiger partial charge in [-0.3, -0.25) is 9.80 Å². The molecule has 0 aliphatic carbocycles. The molecule has 1 aliphatic rings. The van der Waals surface area contributed by atoms with Crippen LogP contribution < -0.4 is 0 Å². The second-order valence-corrected chi connectivity index (χ2v) is 10.1. The Morgan fingerprint density at radius 1 is 0.800 bits per heavy atom. The topological polar surface area (TPSA) is 90.3 Å². The number of carboxylic acid groups (broad SMARTS) is 2. The van der Waals surface area contributed by atoms with Crippen LogP contribution in [-0.4, -0.2) is 77.8 Å². The summed E-state index contributed by atoms with van der Waals surface area (Å²) < 4.78 is 7.52. The van der Waals surface area contributed by atoms with Crippen LogP contribution in [0.15, 0.2) is 108 Å². The second kappa shape index (κ2) is 17.2. The lowest BCUT2D eigenvalue weighted by Gasteiger charge is -2.34. The molecule has 0 aromatic heterocycles. The molecule has 0 radical (unpaired) electrons. The number of ether oxygens (including phenoxy) is 1. The molecular weight excluding hydrogens is 572 g/mol. The number of nitrogens with zero attached hydrogens (tertiary/aromatic N) is 2. The highest BCUT2D eigenvalue weighted by Gasteiger charge is 2.18. The van der Waals surface area contributed by atoms with Crippen molar-refractivity contribution in [3.8, 4) is 0 Å². The minimum absolute atomic E-state index is 0.0122. The molecule has 40 heavy (non-hydrogen) atoms. The Kier molecular flexibility index (Phi) is 13.3. The molecule has 0 amide bonds. The molecule has 1 heterocycles. The highest BCUT2D eigenvalue weighted by Crippen LogP contribution is 2.25. The fourth-order valence-corrected chi connectivity index (χ4v) is 4.64. The number of benzene rings is 3. The van der Waals surface area contributed by atoms with E-state index in [4.69, 9.17) is 14.9 Å². The van der Waals surface area contributed by atoms with Gasteiger partial charge in [-0.25, -0.2) is 9.59 Å². The van der Waals surface area contributed by atoms with E-state index in [1.165, 1.54) is 16.7 Å². The molecule has 1 fully saturated rings. The molecule has 2 N–H and O–H groups in total. The van der Waals surface area contributed by atoms with Gasteiger partial charge in [-0.15, -0.1) is 0 Å². The smallest absolute Gasteiger partial charge is 0.328 e. The first kappa shape index (κ1) is 31.0. The van der Waals surface area contributed by atoms with Gasteiger partial charge in [0.2, 0.25) is 0 Å². The third-order valence-corrected chi connectivity index (χ3v) is 6.75. The summed E-state index contributed by atoms with van der Waals surface area (Å²) >= 11 is 3.53. The summed E-state index contributed by atoms with van der Waals surface area (Å²) in [7, 11) is 0. The molecule has 0 atom stereocenters. The number of aliphatic carboxylic acids is 2. The van der Waals surface area contributed by atoms with Crippen molar-refractivity contribution in [3.05, 3.63) is 124 Å². The SMILES string of the molecule is Brc1cccc(/C=C/CN2CCN(CCOC(c3ccccc3)c3ccccc3)CC2)c1.O=C(O)/C=C\C(=O)O. The molecule has 0 saturated carbocycles. The van der Waals surface area contributed by atoms with E-state index in [2.05, 4.69) is 123 Å². The summed E-state index contributed by atoms with van der Waals surface area (Å²) in [5.74, 6) is -2.51. The molecule has 0 spiro atoms. The van der Waals surface area contributed by atoms with Gasteiger partial charge in [0.25, 0.3) is 0 Å². The van der Waals surface area contributed by atoms with Crippen molar-refractivity contribution in [2.24, 2.45) is 0 Å². The number of piperazine rings is 1. The standard InChI is InChI=1S/C28H31BrN2O.C4H4O4/c29-27-15-7-9-24(23-27)10-8-16-30-17-19-31(20-18-30)21-22-32-28(25-11-3-1-4-12-25)26-13-5-2-6-14-26;5-3(6)1-2-4(7)8/h1-15,23,28H,16-22H2;1-2H,(H,5,6)(H,7,8)/b10-8+;2-1-. The van der Waals surface area contributed by atoms with E-state index < -0.39 is 11.9 Å². The van der Waals surface area contributed by atoms with Crippen molar-refractivity contribution in [1.82, 2.24) is 9.80 Å². The third kappa shape index (κ3) is 11.7. The van der Waals surface area contributed by atoms with E-state index in [1.807, 2.05) is 0 Å². The molecule has 1 aliphatic heterocycles. The Balaban J connectivity index is 0.000000482. The van der Waals surface area contributed by atoms with Crippen LogP contribution in [0.2, 0.25) is 0 Å². The van der Waals surface area contributed by atoms with Crippen LogP contribution in [0.3, 0.4) is 0 Å². The lowest BCUT2D eigenvalue weighted by atomic mass is 10.0. The van der Waals surface area contributed by atoms with Crippen molar-refractivity contribution in [2.75, 3.05) is 45.9 Å². The lowest BCUT2D eigenvalue weighted by molar-refractivity contribution is -0.134. The Labute approximate surface area is 244 Å². The number of halogens is 1. The number of hydrogen-bond donors (Lipinski definition) is 2. The van der Waals surface area contributed by atoms with Crippen LogP contribution in [0.25, 0.3) is 6.08 Å². The molecule has 0 bridgehead atoms. The normalized spacial score (nSPS) is 14.3. The zero-order valence-corrected chi connectivity index (χ0v) is 23.9. The maximum absolute atomic E-state index is 9.55. The van der Waals surface area contributed by atoms with Crippen molar-refractivity contribution in [1.29, 1.82) is 0 Å². The summed E-state index contributed by atoms with van der Waals surface area (Å²) in [6, 6.07) is 29.5. The van der Waals surface area contributed by atoms with Crippen molar-refractivity contribution in [2.45, 2.75) is 6.10 Å². The van der Waals surface area contributed by atoms with E-state index in [1.54, 1.807) is 0 Å². The van der Waals surface area contributed by atoms with Crippen LogP contribution in [0.1, 0.15) is 22.8 Å². The van der Waals surface area contributed by atoms with Gasteiger partial charge in [-0.05, 0) is 28.8 Å². The van der Waals surface area contributed by atoms with Crippen molar-refractivity contribution < 1.29 is 24.5 Å². The van der Waals surface area contributed by atoms with Gasteiger partial charge in [0.15, 0.2) is 0 Å². The number of carboxylic acids is 2. The minimum Gasteiger partial charge on any atom is -0.478 e. The average molecular weight is 608 g/mol. The van der Waals surface area contributed by atoms with Gasteiger partial charge >= 0.3 is 11.9 Å². The van der Waals surface area contributed by atoms with Gasteiger partial charge < -0.3 is 14.9 Å². The third-order valence-electron chi connectivity index (χ3n) is 6.25. The van der Waals surface area contributed by atoms with Crippen molar-refractivity contribution in [3.63, 3.8) is 0 Å². The molecule has 210 valence electrons. The number of hydrogen-bond acceptors (Lipinski definition) is 5. The molecule has 7 nitrogen and oxygen atoms in total. The van der Waals surface area contributed by atoms with E-state index in [0.717, 1.165) is 50.3 Å². The first-order chi connectivity index (χ1) is 19.4. The lowest BCUT2D eigenvalue weighted by Crippen LogP contribution is -2.47. The maximum atomic E-state index is 9.55. The predicted molar refractivity (Wildman–Crippen MR) is 161 cm³/mol. The second-order valence-electron chi connectivity index (χ2n) is 9.18. The molecular formula is C32H35BrN2O5. The quantitative estimate of drug-likeness (QED) is 0.275. The van der Waals surface area contributed by atoms with Gasteiger partial charge in [0, 0.05) is 55.9 Å². The summed E-state index contributed by atoms with van der Waals surface area (Å²) in [4.78, 5) is 24.1. The Bertz CT molecular complexity index is 1190. The zero-order chi connectivity index (χ0) is 28.6. The Morgan fingerprint density at radius 2 is 1.35 bits per heavy atom. The summed E-state index contributed by atoms with van der Waals surface area (Å²) in [5.41, 5.74) is 3.66. The van der Waals surface area contributed by atoms with Crippen LogP contribution in [-0.2, 0) is 14.3 Å². The molecule has 3 aromatic carbocycles. The molecule has 4 rings (SSSR count). The fraction of sp³-hybridized carbons (Fsp3) is 0.250. The minimum atomic E-state index is -1.26. The van der Waals surface area contributed by atoms with Gasteiger partial charge in [0.1, 0.15) is 6.10 Å². The fourth-order valence-electron chi connectivity index (χ4n) is 4.23. The molecule has 3 aromatic rings. The predicted octanol–water partition coefficient (Wildman–Crippen LogP) is 5.60. The van der Waals surface area contributed by atoms with E-state index in [-0.39, 0.29) is 6.10 Å². The number of rotatable bonds is 11. The number of carbonyl (C=O) groups is 2. The Hall–Kier alpha value is -3.56. The van der Waals surface area contributed by atoms with E-state index >= 15 is 0 Å². The maximum Gasteiger partial charge on any atom is 0.328 e.